The van der Waals surface area contributed by atoms with Gasteiger partial charge in [-0.05, 0) is 11.8 Å². The minimum absolute atomic E-state index is 0.0993. The van der Waals surface area contributed by atoms with Crippen LogP contribution >= 0.6 is 17.0 Å². The Kier molecular flexibility index (Phi) is 2.74. The third kappa shape index (κ3) is 2.23. The second kappa shape index (κ2) is 3.22. The van der Waals surface area contributed by atoms with Crippen LogP contribution in [0.3, 0.4) is 0 Å². The lowest BCUT2D eigenvalue weighted by Gasteiger charge is -2.12. The highest BCUT2D eigenvalue weighted by atomic mass is 32.9. The van der Waals surface area contributed by atoms with Crippen LogP contribution in [0.1, 0.15) is 6.92 Å². The summed E-state index contributed by atoms with van der Waals surface area (Å²) in [5.74, 6) is 0.801. The fraction of sp³-hybridized carbons (Fsp3) is 0.750. The van der Waals surface area contributed by atoms with E-state index < -0.39 is 5.62 Å². The third-order valence-corrected chi connectivity index (χ3v) is 6.40. The lowest BCUT2D eigenvalue weighted by Crippen LogP contribution is -2.13. The third-order valence-electron chi connectivity index (χ3n) is 0.900. The summed E-state index contributed by atoms with van der Waals surface area (Å²) in [4.78, 5) is 10.6. The van der Waals surface area contributed by atoms with Gasteiger partial charge in [-0.3, -0.25) is 9.88 Å². The number of rotatable bonds is 1. The molecule has 0 saturated carbocycles. The number of amides is 1. The Labute approximate surface area is 68.8 Å². The molecule has 0 bridgehead atoms. The summed E-state index contributed by atoms with van der Waals surface area (Å²) >= 11 is 6.61. The SMILES string of the molecule is CC(=O)NP1(=S)OCCS1. The Morgan fingerprint density at radius 1 is 1.90 bits per heavy atom. The second-order valence-corrected chi connectivity index (χ2v) is 8.53. The molecule has 1 aliphatic rings. The van der Waals surface area contributed by atoms with E-state index in [0.717, 1.165) is 5.75 Å². The van der Waals surface area contributed by atoms with Gasteiger partial charge in [-0.1, -0.05) is 11.4 Å². The lowest BCUT2D eigenvalue weighted by molar-refractivity contribution is -0.117. The van der Waals surface area contributed by atoms with E-state index in [1.165, 1.54) is 6.92 Å². The molecule has 3 nitrogen and oxygen atoms in total. The number of hydrogen-bond acceptors (Lipinski definition) is 4. The maximum absolute atomic E-state index is 10.6. The van der Waals surface area contributed by atoms with Gasteiger partial charge in [0.2, 0.25) is 11.5 Å². The fourth-order valence-electron chi connectivity index (χ4n) is 0.610. The molecule has 0 radical (unpaired) electrons. The summed E-state index contributed by atoms with van der Waals surface area (Å²) in [6.07, 6.45) is 0. The predicted octanol–water partition coefficient (Wildman–Crippen LogP) is 1.11. The van der Waals surface area contributed by atoms with Crippen LogP contribution in [-0.2, 0) is 21.1 Å². The predicted molar refractivity (Wildman–Crippen MR) is 46.5 cm³/mol. The van der Waals surface area contributed by atoms with Gasteiger partial charge in [-0.15, -0.1) is 0 Å². The zero-order valence-corrected chi connectivity index (χ0v) is 8.02. The van der Waals surface area contributed by atoms with Crippen molar-refractivity contribution in [2.45, 2.75) is 6.92 Å². The summed E-state index contributed by atoms with van der Waals surface area (Å²) in [6.45, 7) is 2.12. The van der Waals surface area contributed by atoms with Crippen molar-refractivity contribution in [3.8, 4) is 0 Å². The molecule has 6 heteroatoms. The molecule has 0 spiro atoms. The van der Waals surface area contributed by atoms with Crippen LogP contribution in [0.2, 0.25) is 0 Å². The maximum Gasteiger partial charge on any atom is 0.222 e. The Morgan fingerprint density at radius 2 is 2.60 bits per heavy atom. The summed E-state index contributed by atoms with van der Waals surface area (Å²) in [7, 11) is 0. The average molecular weight is 197 g/mol. The molecule has 0 aromatic heterocycles. The quantitative estimate of drug-likeness (QED) is 0.639. The Bertz CT molecular complexity index is 186. The zero-order valence-electron chi connectivity index (χ0n) is 5.49. The van der Waals surface area contributed by atoms with Crippen LogP contribution in [0.15, 0.2) is 0 Å². The normalized spacial score (nSPS) is 32.1. The van der Waals surface area contributed by atoms with E-state index >= 15 is 0 Å². The molecule has 1 fully saturated rings. The fourth-order valence-corrected chi connectivity index (χ4v) is 5.30. The molecule has 1 heterocycles. The van der Waals surface area contributed by atoms with Crippen LogP contribution in [0, 0.1) is 0 Å². The van der Waals surface area contributed by atoms with E-state index in [1.807, 2.05) is 0 Å². The van der Waals surface area contributed by atoms with Gasteiger partial charge in [0.15, 0.2) is 0 Å². The smallest absolute Gasteiger partial charge is 0.222 e. The summed E-state index contributed by atoms with van der Waals surface area (Å²) in [5.41, 5.74) is -1.98. The van der Waals surface area contributed by atoms with Crippen molar-refractivity contribution in [3.05, 3.63) is 0 Å². The van der Waals surface area contributed by atoms with Crippen LogP contribution in [0.25, 0.3) is 0 Å². The van der Waals surface area contributed by atoms with Gasteiger partial charge in [-0.2, -0.15) is 0 Å². The van der Waals surface area contributed by atoms with Crippen LogP contribution in [0.5, 0.6) is 0 Å². The minimum atomic E-state index is -1.98. The molecular formula is C4H8NO2PS2. The van der Waals surface area contributed by atoms with Crippen LogP contribution in [-0.4, -0.2) is 18.3 Å². The van der Waals surface area contributed by atoms with E-state index in [9.17, 15) is 4.79 Å². The average Bonchev–Trinajstić information content (AvgIpc) is 2.12. The number of carbonyl (C=O) groups excluding carboxylic acids is 1. The van der Waals surface area contributed by atoms with Crippen molar-refractivity contribution < 1.29 is 9.32 Å². The Morgan fingerprint density at radius 3 is 3.00 bits per heavy atom. The lowest BCUT2D eigenvalue weighted by atomic mass is 10.8. The van der Waals surface area contributed by atoms with E-state index in [2.05, 4.69) is 5.09 Å². The van der Waals surface area contributed by atoms with Gasteiger partial charge < -0.3 is 4.52 Å². The van der Waals surface area contributed by atoms with Gasteiger partial charge in [0.1, 0.15) is 0 Å². The summed E-state index contributed by atoms with van der Waals surface area (Å²) in [6, 6.07) is 0. The van der Waals surface area contributed by atoms with Gasteiger partial charge >= 0.3 is 0 Å². The largest absolute Gasteiger partial charge is 0.326 e. The first-order chi connectivity index (χ1) is 4.62. The van der Waals surface area contributed by atoms with Crippen molar-refractivity contribution >= 4 is 34.7 Å². The Balaban J connectivity index is 2.52. The van der Waals surface area contributed by atoms with Crippen molar-refractivity contribution in [2.75, 3.05) is 12.4 Å². The van der Waals surface area contributed by atoms with E-state index in [-0.39, 0.29) is 5.91 Å². The van der Waals surface area contributed by atoms with Crippen molar-refractivity contribution in [2.24, 2.45) is 0 Å². The standard InChI is InChI=1S/C4H8NO2PS2/c1-4(6)5-8(9)7-2-3-10-8/h2-3H2,1H3,(H,5,6,9). The van der Waals surface area contributed by atoms with Gasteiger partial charge in [0.25, 0.3) is 0 Å². The molecular weight excluding hydrogens is 189 g/mol. The molecule has 10 heavy (non-hydrogen) atoms. The number of carbonyl (C=O) groups is 1. The van der Waals surface area contributed by atoms with Crippen molar-refractivity contribution in [1.82, 2.24) is 5.09 Å². The number of hydrogen-bond donors (Lipinski definition) is 1. The highest BCUT2D eigenvalue weighted by molar-refractivity contribution is 8.69. The van der Waals surface area contributed by atoms with E-state index in [1.54, 1.807) is 11.4 Å². The van der Waals surface area contributed by atoms with E-state index in [0.29, 0.717) is 6.61 Å². The molecule has 58 valence electrons. The first kappa shape index (κ1) is 8.53. The molecule has 1 amide bonds. The topological polar surface area (TPSA) is 38.3 Å². The molecule has 0 aromatic carbocycles. The number of nitrogens with one attached hydrogen (secondary N) is 1. The zero-order chi connectivity index (χ0) is 7.61. The molecule has 0 aromatic rings. The minimum Gasteiger partial charge on any atom is -0.326 e. The second-order valence-electron chi connectivity index (χ2n) is 1.83. The summed E-state index contributed by atoms with van der Waals surface area (Å²) in [5, 5.41) is 2.65. The summed E-state index contributed by atoms with van der Waals surface area (Å²) < 4.78 is 5.21. The van der Waals surface area contributed by atoms with Gasteiger partial charge in [-0.25, -0.2) is 0 Å². The molecule has 1 rings (SSSR count). The van der Waals surface area contributed by atoms with Crippen molar-refractivity contribution in [3.63, 3.8) is 0 Å². The Hall–Kier alpha value is 0.430. The molecule has 1 unspecified atom stereocenters. The monoisotopic (exact) mass is 197 g/mol. The molecule has 1 aliphatic heterocycles. The van der Waals surface area contributed by atoms with Gasteiger partial charge in [0.05, 0.1) is 6.61 Å². The highest BCUT2D eigenvalue weighted by Gasteiger charge is 2.24. The first-order valence-electron chi connectivity index (χ1n) is 2.80. The van der Waals surface area contributed by atoms with E-state index in [4.69, 9.17) is 16.3 Å². The molecule has 0 aliphatic carbocycles. The molecule has 1 N–H and O–H groups in total. The molecule has 1 saturated heterocycles. The molecule has 1 atom stereocenters. The van der Waals surface area contributed by atoms with Crippen LogP contribution < -0.4 is 5.09 Å². The first-order valence-corrected chi connectivity index (χ1v) is 7.11. The van der Waals surface area contributed by atoms with Crippen molar-refractivity contribution in [1.29, 1.82) is 0 Å². The van der Waals surface area contributed by atoms with Gasteiger partial charge in [0, 0.05) is 12.7 Å². The maximum atomic E-state index is 10.6. The van der Waals surface area contributed by atoms with Crippen LogP contribution in [0.4, 0.5) is 0 Å². The highest BCUT2D eigenvalue weighted by Crippen LogP contribution is 2.60.